The number of hydrogen-bond donors (Lipinski definition) is 2. The van der Waals surface area contributed by atoms with Crippen LogP contribution >= 0.6 is 0 Å². The lowest BCUT2D eigenvalue weighted by molar-refractivity contribution is -0.160. The van der Waals surface area contributed by atoms with Crippen molar-refractivity contribution >= 4 is 5.84 Å². The Morgan fingerprint density at radius 2 is 2.06 bits per heavy atom. The lowest BCUT2D eigenvalue weighted by Gasteiger charge is -2.29. The highest BCUT2D eigenvalue weighted by Gasteiger charge is 2.44. The van der Waals surface area contributed by atoms with Gasteiger partial charge in [-0.1, -0.05) is 5.16 Å². The molecule has 0 radical (unpaired) electrons. The number of rotatable bonds is 5. The maximum atomic E-state index is 12.7. The number of nitrogens with two attached hydrogens (primary N) is 1. The second kappa shape index (κ2) is 5.12. The van der Waals surface area contributed by atoms with Gasteiger partial charge in [0.15, 0.2) is 5.84 Å². The molecule has 17 heavy (non-hydrogen) atoms. The maximum Gasteiger partial charge on any atom is 0.400 e. The summed E-state index contributed by atoms with van der Waals surface area (Å²) in [6.07, 6.45) is -2.37. The Morgan fingerprint density at radius 3 is 2.41 bits per heavy atom. The van der Waals surface area contributed by atoms with E-state index < -0.39 is 17.9 Å². The van der Waals surface area contributed by atoms with Gasteiger partial charge in [-0.25, -0.2) is 0 Å². The van der Waals surface area contributed by atoms with Gasteiger partial charge in [-0.2, -0.15) is 13.2 Å². The normalized spacial score (nSPS) is 21.6. The average Bonchev–Trinajstić information content (AvgIpc) is 3.05. The number of hydrogen-bond acceptors (Lipinski definition) is 3. The Morgan fingerprint density at radius 1 is 1.53 bits per heavy atom. The quantitative estimate of drug-likeness (QED) is 0.339. The fourth-order valence-electron chi connectivity index (χ4n) is 1.83. The summed E-state index contributed by atoms with van der Waals surface area (Å²) < 4.78 is 38.1. The lowest BCUT2D eigenvalue weighted by atomic mass is 10.1. The van der Waals surface area contributed by atoms with Crippen LogP contribution in [0.5, 0.6) is 0 Å². The molecule has 0 aliphatic heterocycles. The zero-order chi connectivity index (χ0) is 13.2. The Kier molecular flexibility index (Phi) is 4.24. The van der Waals surface area contributed by atoms with Crippen LogP contribution in [0.4, 0.5) is 13.2 Å². The maximum absolute atomic E-state index is 12.7. The molecule has 1 fully saturated rings. The van der Waals surface area contributed by atoms with E-state index in [4.69, 9.17) is 10.9 Å². The predicted octanol–water partition coefficient (Wildman–Crippen LogP) is 1.64. The van der Waals surface area contributed by atoms with Gasteiger partial charge in [0.25, 0.3) is 0 Å². The molecule has 0 aromatic carbocycles. The van der Waals surface area contributed by atoms with Crippen molar-refractivity contribution in [2.24, 2.45) is 22.7 Å². The van der Waals surface area contributed by atoms with Crippen LogP contribution in [0.3, 0.4) is 0 Å². The fourth-order valence-corrected chi connectivity index (χ4v) is 1.83. The second-order valence-electron chi connectivity index (χ2n) is 4.64. The second-order valence-corrected chi connectivity index (χ2v) is 4.64. The Labute approximate surface area is 98.3 Å². The summed E-state index contributed by atoms with van der Waals surface area (Å²) >= 11 is 0. The molecule has 0 saturated heterocycles. The van der Waals surface area contributed by atoms with Gasteiger partial charge >= 0.3 is 6.18 Å². The minimum atomic E-state index is -4.49. The van der Waals surface area contributed by atoms with Gasteiger partial charge in [0, 0.05) is 12.6 Å². The van der Waals surface area contributed by atoms with Crippen molar-refractivity contribution in [3.05, 3.63) is 0 Å². The molecular formula is C10H18F3N3O. The zero-order valence-electron chi connectivity index (χ0n) is 9.91. The Hall–Kier alpha value is -0.980. The summed E-state index contributed by atoms with van der Waals surface area (Å²) in [6.45, 7) is 1.62. The van der Waals surface area contributed by atoms with Crippen molar-refractivity contribution in [1.82, 2.24) is 4.90 Å². The fraction of sp³-hybridized carbons (Fsp3) is 0.900. The minimum absolute atomic E-state index is 0.0892. The summed E-state index contributed by atoms with van der Waals surface area (Å²) in [4.78, 5) is 1.62. The molecule has 1 rings (SSSR count). The van der Waals surface area contributed by atoms with E-state index in [1.807, 2.05) is 6.92 Å². The number of alkyl halides is 3. The van der Waals surface area contributed by atoms with Crippen LogP contribution in [0.1, 0.15) is 19.8 Å². The zero-order valence-corrected chi connectivity index (χ0v) is 9.91. The van der Waals surface area contributed by atoms with Gasteiger partial charge in [0.1, 0.15) is 5.92 Å². The molecule has 2 atom stereocenters. The highest BCUT2D eigenvalue weighted by Crippen LogP contribution is 2.36. The molecule has 0 aromatic rings. The van der Waals surface area contributed by atoms with E-state index in [1.54, 1.807) is 11.9 Å². The monoisotopic (exact) mass is 253 g/mol. The Bertz CT molecular complexity index is 289. The number of halogens is 3. The third-order valence-electron chi connectivity index (χ3n) is 3.34. The minimum Gasteiger partial charge on any atom is -0.409 e. The van der Waals surface area contributed by atoms with E-state index in [0.717, 1.165) is 12.8 Å². The van der Waals surface area contributed by atoms with Crippen LogP contribution in [0.25, 0.3) is 0 Å². The summed E-state index contributed by atoms with van der Waals surface area (Å²) in [5.41, 5.74) is 5.10. The van der Waals surface area contributed by atoms with Crippen molar-refractivity contribution in [3.63, 3.8) is 0 Å². The average molecular weight is 253 g/mol. The van der Waals surface area contributed by atoms with Crippen molar-refractivity contribution in [1.29, 1.82) is 0 Å². The molecule has 0 spiro atoms. The molecule has 2 unspecified atom stereocenters. The van der Waals surface area contributed by atoms with Crippen LogP contribution in [-0.2, 0) is 0 Å². The highest BCUT2D eigenvalue weighted by molar-refractivity contribution is 5.83. The third-order valence-corrected chi connectivity index (χ3v) is 3.34. The molecule has 1 saturated carbocycles. The van der Waals surface area contributed by atoms with Gasteiger partial charge in [0.2, 0.25) is 0 Å². The van der Waals surface area contributed by atoms with Crippen molar-refractivity contribution in [2.75, 3.05) is 13.6 Å². The topological polar surface area (TPSA) is 61.8 Å². The smallest absolute Gasteiger partial charge is 0.400 e. The summed E-state index contributed by atoms with van der Waals surface area (Å²) in [5.74, 6) is -2.23. The first-order valence-corrected chi connectivity index (χ1v) is 5.51. The first kappa shape index (κ1) is 14.1. The summed E-state index contributed by atoms with van der Waals surface area (Å²) in [7, 11) is 1.63. The highest BCUT2D eigenvalue weighted by atomic mass is 19.4. The standard InChI is InChI=1S/C10H18F3N3O/c1-6(7-3-4-7)16(2)5-8(9(14)15-17)10(11,12)13/h6-8,17H,3-5H2,1-2H3,(H2,14,15). The first-order valence-electron chi connectivity index (χ1n) is 5.51. The molecule has 7 heteroatoms. The van der Waals surface area contributed by atoms with Crippen LogP contribution < -0.4 is 5.73 Å². The van der Waals surface area contributed by atoms with Gasteiger partial charge in [-0.3, -0.25) is 0 Å². The molecule has 4 nitrogen and oxygen atoms in total. The van der Waals surface area contributed by atoms with E-state index in [9.17, 15) is 13.2 Å². The molecule has 1 aliphatic carbocycles. The molecule has 3 N–H and O–H groups in total. The predicted molar refractivity (Wildman–Crippen MR) is 57.8 cm³/mol. The van der Waals surface area contributed by atoms with E-state index in [-0.39, 0.29) is 12.6 Å². The number of oxime groups is 1. The SMILES string of the molecule is CC(C1CC1)N(C)CC(C(N)=NO)C(F)(F)F. The van der Waals surface area contributed by atoms with Crippen molar-refractivity contribution < 1.29 is 18.4 Å². The lowest BCUT2D eigenvalue weighted by Crippen LogP contribution is -2.46. The van der Waals surface area contributed by atoms with Crippen LogP contribution in [0.2, 0.25) is 0 Å². The largest absolute Gasteiger partial charge is 0.409 e. The first-order chi connectivity index (χ1) is 7.77. The molecule has 0 aromatic heterocycles. The molecule has 100 valence electrons. The van der Waals surface area contributed by atoms with Crippen molar-refractivity contribution in [3.8, 4) is 0 Å². The van der Waals surface area contributed by atoms with E-state index in [0.29, 0.717) is 5.92 Å². The van der Waals surface area contributed by atoms with E-state index in [1.165, 1.54) is 0 Å². The number of amidine groups is 1. The number of nitrogens with zero attached hydrogens (tertiary/aromatic N) is 2. The third kappa shape index (κ3) is 3.76. The van der Waals surface area contributed by atoms with Crippen LogP contribution in [-0.4, -0.2) is 41.8 Å². The Balaban J connectivity index is 2.65. The van der Waals surface area contributed by atoms with Crippen LogP contribution in [0, 0.1) is 11.8 Å². The molecule has 0 heterocycles. The van der Waals surface area contributed by atoms with E-state index >= 15 is 0 Å². The van der Waals surface area contributed by atoms with Gasteiger partial charge in [-0.05, 0) is 32.7 Å². The summed E-state index contributed by atoms with van der Waals surface area (Å²) in [5, 5.41) is 10.9. The molecule has 0 bridgehead atoms. The van der Waals surface area contributed by atoms with Gasteiger partial charge in [-0.15, -0.1) is 0 Å². The van der Waals surface area contributed by atoms with Crippen LogP contribution in [0.15, 0.2) is 5.16 Å². The molecule has 0 amide bonds. The van der Waals surface area contributed by atoms with E-state index in [2.05, 4.69) is 5.16 Å². The molecule has 1 aliphatic rings. The van der Waals surface area contributed by atoms with Gasteiger partial charge < -0.3 is 15.8 Å². The van der Waals surface area contributed by atoms with Gasteiger partial charge in [0.05, 0.1) is 0 Å². The summed E-state index contributed by atoms with van der Waals surface area (Å²) in [6, 6.07) is 0.0892. The van der Waals surface area contributed by atoms with Crippen molar-refractivity contribution in [2.45, 2.75) is 32.0 Å². The molecular weight excluding hydrogens is 235 g/mol.